The lowest BCUT2D eigenvalue weighted by molar-refractivity contribution is -0.173. The zero-order valence-corrected chi connectivity index (χ0v) is 51.0. The molecule has 4 aliphatic rings. The standard InChI is InChI=1S/C17H30O4.2C15H26O4.C14H24O4/c1-5-16(3,4)15(19)20-13-10-14(18)21-17(6-2)11-8-7-9-12-17;1-5-14(2,3)13(17)18-11-8-12(16)19-15(4)9-6-7-10-15;1-5-14(3,4)13(17)18-11-12(16)19-15(6-2)9-7-8-10-15;1-5-13(2,3)12(16)17-10-11(15)18-14(4)8-6-7-9-14/h5-13H2,1-4H3;2*5-11H2,1-4H3;5-10H2,1-4H3. The van der Waals surface area contributed by atoms with E-state index in [2.05, 4.69) is 6.92 Å². The van der Waals surface area contributed by atoms with Crippen molar-refractivity contribution in [3.63, 3.8) is 0 Å². The van der Waals surface area contributed by atoms with Crippen LogP contribution in [0.4, 0.5) is 0 Å². The van der Waals surface area contributed by atoms with Crippen molar-refractivity contribution in [3.8, 4) is 0 Å². The summed E-state index contributed by atoms with van der Waals surface area (Å²) in [6.45, 7) is 30.0. The number of hydrogen-bond donors (Lipinski definition) is 0. The summed E-state index contributed by atoms with van der Waals surface area (Å²) in [6.07, 6.45) is 22.3. The van der Waals surface area contributed by atoms with Gasteiger partial charge in [0.1, 0.15) is 35.6 Å². The second-order valence-corrected chi connectivity index (χ2v) is 24.9. The van der Waals surface area contributed by atoms with Gasteiger partial charge in [-0.2, -0.15) is 0 Å². The van der Waals surface area contributed by atoms with E-state index in [-0.39, 0.29) is 97.5 Å². The number of carbonyl (C=O) groups excluding carboxylic acids is 8. The third kappa shape index (κ3) is 25.6. The van der Waals surface area contributed by atoms with E-state index in [1.165, 1.54) is 6.42 Å². The Labute approximate surface area is 464 Å². The number of hydrogen-bond acceptors (Lipinski definition) is 16. The Morgan fingerprint density at radius 1 is 0.338 bits per heavy atom. The summed E-state index contributed by atoms with van der Waals surface area (Å²) in [5, 5.41) is 0. The van der Waals surface area contributed by atoms with Crippen LogP contribution < -0.4 is 0 Å². The highest BCUT2D eigenvalue weighted by atomic mass is 16.6. The number of rotatable bonds is 24. The van der Waals surface area contributed by atoms with Gasteiger partial charge in [0.2, 0.25) is 0 Å². The molecule has 4 fully saturated rings. The summed E-state index contributed by atoms with van der Waals surface area (Å²) < 4.78 is 42.4. The van der Waals surface area contributed by atoms with Crippen molar-refractivity contribution < 1.29 is 76.3 Å². The van der Waals surface area contributed by atoms with Gasteiger partial charge >= 0.3 is 47.8 Å². The maximum atomic E-state index is 12.0. The van der Waals surface area contributed by atoms with Gasteiger partial charge in [0, 0.05) is 0 Å². The van der Waals surface area contributed by atoms with Crippen LogP contribution in [-0.2, 0) is 76.3 Å². The zero-order chi connectivity index (χ0) is 58.8. The molecule has 0 radical (unpaired) electrons. The molecule has 0 spiro atoms. The minimum atomic E-state index is -0.546. The fraction of sp³-hybridized carbons (Fsp3) is 0.869. The molecule has 4 aliphatic carbocycles. The molecule has 0 bridgehead atoms. The topological polar surface area (TPSA) is 210 Å². The summed E-state index contributed by atoms with van der Waals surface area (Å²) in [5.41, 5.74) is -3.31. The van der Waals surface area contributed by atoms with Gasteiger partial charge in [0.25, 0.3) is 0 Å². The first-order chi connectivity index (χ1) is 35.8. The maximum absolute atomic E-state index is 12.0. The predicted molar refractivity (Wildman–Crippen MR) is 295 cm³/mol. The van der Waals surface area contributed by atoms with Crippen LogP contribution in [0.3, 0.4) is 0 Å². The van der Waals surface area contributed by atoms with Crippen molar-refractivity contribution in [1.82, 2.24) is 0 Å². The minimum absolute atomic E-state index is 0.108. The van der Waals surface area contributed by atoms with Crippen molar-refractivity contribution in [3.05, 3.63) is 0 Å². The fourth-order valence-electron chi connectivity index (χ4n) is 8.98. The Kier molecular flexibility index (Phi) is 30.1. The number of ether oxygens (including phenoxy) is 8. The molecule has 0 atom stereocenters. The van der Waals surface area contributed by atoms with Crippen LogP contribution >= 0.6 is 0 Å². The molecule has 0 unspecified atom stereocenters. The van der Waals surface area contributed by atoms with Crippen molar-refractivity contribution in [1.29, 1.82) is 0 Å². The first-order valence-electron chi connectivity index (χ1n) is 29.3. The second-order valence-electron chi connectivity index (χ2n) is 24.9. The lowest BCUT2D eigenvalue weighted by Crippen LogP contribution is -2.37. The molecule has 0 aromatic rings. The van der Waals surface area contributed by atoms with Crippen LogP contribution in [0.2, 0.25) is 0 Å². The largest absolute Gasteiger partial charge is 0.465 e. The van der Waals surface area contributed by atoms with Crippen molar-refractivity contribution >= 4 is 47.8 Å². The molecule has 446 valence electrons. The maximum Gasteiger partial charge on any atom is 0.344 e. The summed E-state index contributed by atoms with van der Waals surface area (Å²) in [4.78, 5) is 94.0. The monoisotopic (exact) mass is 1090 g/mol. The van der Waals surface area contributed by atoms with Gasteiger partial charge in [-0.25, -0.2) is 9.59 Å². The van der Waals surface area contributed by atoms with E-state index in [1.807, 2.05) is 90.0 Å². The van der Waals surface area contributed by atoms with Gasteiger partial charge in [0.15, 0.2) is 13.2 Å². The molecular weight excluding hydrogens is 989 g/mol. The normalized spacial score (nSPS) is 18.2. The molecule has 4 saturated carbocycles. The highest BCUT2D eigenvalue weighted by Gasteiger charge is 2.39. The van der Waals surface area contributed by atoms with Crippen LogP contribution in [0.25, 0.3) is 0 Å². The number of carbonyl (C=O) groups is 8. The van der Waals surface area contributed by atoms with E-state index in [1.54, 1.807) is 13.8 Å². The highest BCUT2D eigenvalue weighted by molar-refractivity contribution is 5.81. The van der Waals surface area contributed by atoms with Gasteiger partial charge in [-0.1, -0.05) is 48.0 Å². The van der Waals surface area contributed by atoms with E-state index < -0.39 is 33.6 Å². The van der Waals surface area contributed by atoms with Crippen molar-refractivity contribution in [2.75, 3.05) is 26.4 Å². The van der Waals surface area contributed by atoms with Crippen molar-refractivity contribution in [2.45, 2.75) is 294 Å². The van der Waals surface area contributed by atoms with Gasteiger partial charge in [0.05, 0.1) is 34.5 Å². The Bertz CT molecular complexity index is 1850. The molecule has 16 nitrogen and oxygen atoms in total. The molecule has 0 aromatic carbocycles. The predicted octanol–water partition coefficient (Wildman–Crippen LogP) is 13.3. The lowest BCUT2D eigenvalue weighted by atomic mass is 9.83. The summed E-state index contributed by atoms with van der Waals surface area (Å²) in [6, 6.07) is 0. The van der Waals surface area contributed by atoms with E-state index in [0.717, 1.165) is 122 Å². The smallest absolute Gasteiger partial charge is 0.344 e. The third-order valence-corrected chi connectivity index (χ3v) is 16.7. The van der Waals surface area contributed by atoms with Gasteiger partial charge < -0.3 is 37.9 Å². The Morgan fingerprint density at radius 3 is 0.896 bits per heavy atom. The Balaban J connectivity index is 0.000000514. The quantitative estimate of drug-likeness (QED) is 0.0650. The molecule has 0 aliphatic heterocycles. The van der Waals surface area contributed by atoms with Crippen LogP contribution in [0.1, 0.15) is 271 Å². The zero-order valence-electron chi connectivity index (χ0n) is 51.0. The summed E-state index contributed by atoms with van der Waals surface area (Å²) in [5.74, 6) is -2.59. The third-order valence-electron chi connectivity index (χ3n) is 16.7. The van der Waals surface area contributed by atoms with Crippen LogP contribution in [0.15, 0.2) is 0 Å². The summed E-state index contributed by atoms with van der Waals surface area (Å²) in [7, 11) is 0. The SMILES string of the molecule is CCC(C)(C)C(=O)OCC(=O)OC1(C)CCCC1.CCC(C)(C)C(=O)OCCC(=O)OC1(C)CCCC1.CCC1(OC(=O)CCOC(=O)C(C)(C)CC)CCCCC1.CCC1(OC(=O)COC(=O)C(C)(C)CC)CCCC1. The molecule has 0 heterocycles. The van der Waals surface area contributed by atoms with Crippen LogP contribution in [0.5, 0.6) is 0 Å². The average molecular weight is 1100 g/mol. The van der Waals surface area contributed by atoms with Crippen LogP contribution in [0, 0.1) is 21.7 Å². The van der Waals surface area contributed by atoms with Gasteiger partial charge in [-0.05, 0) is 210 Å². The molecule has 0 saturated heterocycles. The van der Waals surface area contributed by atoms with E-state index in [9.17, 15) is 38.4 Å². The molecule has 0 N–H and O–H groups in total. The summed E-state index contributed by atoms with van der Waals surface area (Å²) >= 11 is 0. The first-order valence-corrected chi connectivity index (χ1v) is 29.3. The van der Waals surface area contributed by atoms with E-state index >= 15 is 0 Å². The lowest BCUT2D eigenvalue weighted by Gasteiger charge is -2.36. The number of esters is 8. The molecule has 16 heteroatoms. The molecule has 77 heavy (non-hydrogen) atoms. The fourth-order valence-corrected chi connectivity index (χ4v) is 8.98. The molecule has 4 rings (SSSR count). The average Bonchev–Trinajstić information content (AvgIpc) is 4.17. The van der Waals surface area contributed by atoms with Crippen LogP contribution in [-0.4, -0.2) is 96.6 Å². The molecule has 0 amide bonds. The Hall–Kier alpha value is -4.24. The molecule has 0 aromatic heterocycles. The van der Waals surface area contributed by atoms with Crippen molar-refractivity contribution in [2.24, 2.45) is 21.7 Å². The second kappa shape index (κ2) is 32.7. The molecular formula is C61H106O16. The van der Waals surface area contributed by atoms with E-state index in [0.29, 0.717) is 19.3 Å². The minimum Gasteiger partial charge on any atom is -0.465 e. The van der Waals surface area contributed by atoms with Gasteiger partial charge in [-0.15, -0.1) is 0 Å². The first kappa shape index (κ1) is 70.8. The van der Waals surface area contributed by atoms with E-state index in [4.69, 9.17) is 37.9 Å². The van der Waals surface area contributed by atoms with Gasteiger partial charge in [-0.3, -0.25) is 28.8 Å². The Morgan fingerprint density at radius 2 is 0.584 bits per heavy atom. The highest BCUT2D eigenvalue weighted by Crippen LogP contribution is 2.38.